The van der Waals surface area contributed by atoms with Crippen molar-refractivity contribution in [1.82, 2.24) is 5.32 Å². The molecule has 0 saturated heterocycles. The second kappa shape index (κ2) is 6.52. The molecule has 1 aromatic rings. The van der Waals surface area contributed by atoms with Crippen LogP contribution in [0.25, 0.3) is 0 Å². The third-order valence-electron chi connectivity index (χ3n) is 5.09. The van der Waals surface area contributed by atoms with Crippen molar-refractivity contribution in [3.05, 3.63) is 34.9 Å². The molecule has 0 aromatic heterocycles. The van der Waals surface area contributed by atoms with Crippen LogP contribution in [-0.2, 0) is 0 Å². The van der Waals surface area contributed by atoms with E-state index in [0.717, 1.165) is 5.92 Å². The van der Waals surface area contributed by atoms with Crippen molar-refractivity contribution in [3.8, 4) is 0 Å². The highest BCUT2D eigenvalue weighted by atomic mass is 15.0. The third-order valence-corrected chi connectivity index (χ3v) is 5.09. The lowest BCUT2D eigenvalue weighted by Crippen LogP contribution is -2.45. The van der Waals surface area contributed by atoms with E-state index < -0.39 is 0 Å². The fourth-order valence-electron chi connectivity index (χ4n) is 4.04. The Morgan fingerprint density at radius 3 is 2.14 bits per heavy atom. The van der Waals surface area contributed by atoms with Gasteiger partial charge in [-0.25, -0.2) is 0 Å². The van der Waals surface area contributed by atoms with Gasteiger partial charge in [-0.15, -0.1) is 0 Å². The Kier molecular flexibility index (Phi) is 5.14. The average molecular weight is 287 g/mol. The van der Waals surface area contributed by atoms with Gasteiger partial charge >= 0.3 is 0 Å². The summed E-state index contributed by atoms with van der Waals surface area (Å²) in [5.74, 6) is 0.791. The first-order valence-corrected chi connectivity index (χ1v) is 8.61. The minimum absolute atomic E-state index is 0.403. The van der Waals surface area contributed by atoms with Crippen LogP contribution in [0.5, 0.6) is 0 Å². The summed E-state index contributed by atoms with van der Waals surface area (Å²) in [6, 6.07) is 8.03. The standard InChI is InChI=1S/C20H33N/c1-14-11-15(2)13-17(12-14)16(3)21-19-10-8-7-9-18(19)20(4,5)6/h11-13,16,18-19,21H,7-10H2,1-6H3. The maximum Gasteiger partial charge on any atom is 0.0294 e. The number of rotatable bonds is 3. The highest BCUT2D eigenvalue weighted by Gasteiger charge is 2.34. The van der Waals surface area contributed by atoms with Crippen LogP contribution in [-0.4, -0.2) is 6.04 Å². The van der Waals surface area contributed by atoms with Gasteiger partial charge in [0, 0.05) is 12.1 Å². The van der Waals surface area contributed by atoms with E-state index in [9.17, 15) is 0 Å². The molecule has 0 radical (unpaired) electrons. The smallest absolute Gasteiger partial charge is 0.0294 e. The topological polar surface area (TPSA) is 12.0 Å². The molecule has 0 spiro atoms. The molecular weight excluding hydrogens is 254 g/mol. The van der Waals surface area contributed by atoms with Gasteiger partial charge < -0.3 is 5.32 Å². The molecule has 2 rings (SSSR count). The molecule has 1 saturated carbocycles. The molecule has 1 heteroatoms. The molecule has 1 aromatic carbocycles. The third kappa shape index (κ3) is 4.32. The first-order valence-electron chi connectivity index (χ1n) is 8.61. The Morgan fingerprint density at radius 2 is 1.57 bits per heavy atom. The molecule has 1 N–H and O–H groups in total. The fourth-order valence-corrected chi connectivity index (χ4v) is 4.04. The molecule has 1 aliphatic carbocycles. The number of aryl methyl sites for hydroxylation is 2. The van der Waals surface area contributed by atoms with Crippen molar-refractivity contribution in [2.45, 2.75) is 79.3 Å². The maximum atomic E-state index is 3.95. The van der Waals surface area contributed by atoms with Crippen molar-refractivity contribution < 1.29 is 0 Å². The summed E-state index contributed by atoms with van der Waals surface area (Å²) < 4.78 is 0. The van der Waals surface area contributed by atoms with Crippen LogP contribution in [0.2, 0.25) is 0 Å². The van der Waals surface area contributed by atoms with Crippen LogP contribution in [0.3, 0.4) is 0 Å². The Bertz CT molecular complexity index is 449. The molecule has 1 fully saturated rings. The highest BCUT2D eigenvalue weighted by molar-refractivity contribution is 5.30. The summed E-state index contributed by atoms with van der Waals surface area (Å²) in [5.41, 5.74) is 4.58. The Morgan fingerprint density at radius 1 is 1.00 bits per heavy atom. The van der Waals surface area contributed by atoms with Crippen molar-refractivity contribution in [2.24, 2.45) is 11.3 Å². The van der Waals surface area contributed by atoms with E-state index >= 15 is 0 Å². The van der Waals surface area contributed by atoms with Crippen LogP contribution in [0.1, 0.15) is 76.1 Å². The lowest BCUT2D eigenvalue weighted by molar-refractivity contribution is 0.124. The zero-order valence-corrected chi connectivity index (χ0v) is 14.8. The Balaban J connectivity index is 2.11. The van der Waals surface area contributed by atoms with Crippen LogP contribution >= 0.6 is 0 Å². The quantitative estimate of drug-likeness (QED) is 0.767. The number of hydrogen-bond donors (Lipinski definition) is 1. The van der Waals surface area contributed by atoms with Gasteiger partial charge in [0.05, 0.1) is 0 Å². The summed E-state index contributed by atoms with van der Waals surface area (Å²) in [5, 5.41) is 3.95. The minimum atomic E-state index is 0.403. The van der Waals surface area contributed by atoms with Gasteiger partial charge in [0.1, 0.15) is 0 Å². The molecule has 118 valence electrons. The van der Waals surface area contributed by atoms with Crippen molar-refractivity contribution in [1.29, 1.82) is 0 Å². The Labute approximate surface area is 131 Å². The highest BCUT2D eigenvalue weighted by Crippen LogP contribution is 2.38. The molecule has 0 amide bonds. The Hall–Kier alpha value is -0.820. The van der Waals surface area contributed by atoms with Gasteiger partial charge in [-0.05, 0) is 50.5 Å². The van der Waals surface area contributed by atoms with E-state index in [-0.39, 0.29) is 0 Å². The van der Waals surface area contributed by atoms with Gasteiger partial charge in [0.25, 0.3) is 0 Å². The largest absolute Gasteiger partial charge is 0.307 e. The van der Waals surface area contributed by atoms with E-state index in [0.29, 0.717) is 17.5 Å². The van der Waals surface area contributed by atoms with Gasteiger partial charge in [-0.2, -0.15) is 0 Å². The molecule has 21 heavy (non-hydrogen) atoms. The molecule has 0 bridgehead atoms. The molecule has 3 atom stereocenters. The van der Waals surface area contributed by atoms with Crippen molar-refractivity contribution in [3.63, 3.8) is 0 Å². The number of hydrogen-bond acceptors (Lipinski definition) is 1. The molecule has 3 unspecified atom stereocenters. The van der Waals surface area contributed by atoms with Crippen LogP contribution in [0, 0.1) is 25.2 Å². The van der Waals surface area contributed by atoms with Gasteiger partial charge in [0.2, 0.25) is 0 Å². The number of benzene rings is 1. The van der Waals surface area contributed by atoms with Crippen LogP contribution in [0.4, 0.5) is 0 Å². The summed E-state index contributed by atoms with van der Waals surface area (Å²) in [6.45, 7) is 13.9. The van der Waals surface area contributed by atoms with E-state index in [1.807, 2.05) is 0 Å². The zero-order valence-electron chi connectivity index (χ0n) is 14.8. The SMILES string of the molecule is Cc1cc(C)cc(C(C)NC2CCCCC2C(C)(C)C)c1. The number of nitrogens with one attached hydrogen (secondary N) is 1. The van der Waals surface area contributed by atoms with Gasteiger partial charge in [-0.1, -0.05) is 62.9 Å². The lowest BCUT2D eigenvalue weighted by Gasteiger charge is -2.42. The monoisotopic (exact) mass is 287 g/mol. The predicted molar refractivity (Wildman–Crippen MR) is 92.7 cm³/mol. The van der Waals surface area contributed by atoms with E-state index in [2.05, 4.69) is 65.1 Å². The van der Waals surface area contributed by atoms with E-state index in [1.54, 1.807) is 0 Å². The molecule has 0 heterocycles. The fraction of sp³-hybridized carbons (Fsp3) is 0.700. The molecule has 0 aliphatic heterocycles. The van der Waals surface area contributed by atoms with Crippen molar-refractivity contribution >= 4 is 0 Å². The summed E-state index contributed by atoms with van der Waals surface area (Å²) >= 11 is 0. The molecule has 1 nitrogen and oxygen atoms in total. The summed E-state index contributed by atoms with van der Waals surface area (Å²) in [7, 11) is 0. The normalized spacial score (nSPS) is 24.9. The van der Waals surface area contributed by atoms with Gasteiger partial charge in [-0.3, -0.25) is 0 Å². The predicted octanol–water partition coefficient (Wildman–Crippen LogP) is 5.56. The van der Waals surface area contributed by atoms with Crippen LogP contribution < -0.4 is 5.32 Å². The maximum absolute atomic E-state index is 3.95. The molecule has 1 aliphatic rings. The zero-order chi connectivity index (χ0) is 15.6. The summed E-state index contributed by atoms with van der Waals surface area (Å²) in [4.78, 5) is 0. The van der Waals surface area contributed by atoms with Gasteiger partial charge in [0.15, 0.2) is 0 Å². The lowest BCUT2D eigenvalue weighted by atomic mass is 9.69. The second-order valence-electron chi connectivity index (χ2n) is 8.17. The van der Waals surface area contributed by atoms with Crippen molar-refractivity contribution in [2.75, 3.05) is 0 Å². The molecular formula is C20H33N. The average Bonchev–Trinajstić information content (AvgIpc) is 2.37. The van der Waals surface area contributed by atoms with Crippen LogP contribution in [0.15, 0.2) is 18.2 Å². The van der Waals surface area contributed by atoms with E-state index in [1.165, 1.54) is 42.4 Å². The summed E-state index contributed by atoms with van der Waals surface area (Å²) in [6.07, 6.45) is 5.49. The minimum Gasteiger partial charge on any atom is -0.307 e. The first-order chi connectivity index (χ1) is 9.77. The second-order valence-corrected chi connectivity index (χ2v) is 8.17. The first kappa shape index (κ1) is 16.5. The van der Waals surface area contributed by atoms with E-state index in [4.69, 9.17) is 0 Å².